The van der Waals surface area contributed by atoms with Crippen molar-refractivity contribution in [3.8, 4) is 0 Å². The molecule has 2 N–H and O–H groups in total. The Bertz CT molecular complexity index is 838. The molecule has 2 rings (SSSR count). The molecule has 0 heterocycles. The number of carbonyl (C=O) groups excluding carboxylic acids is 2. The maximum absolute atomic E-state index is 12.6. The zero-order valence-electron chi connectivity index (χ0n) is 15.3. The first-order valence-electron chi connectivity index (χ1n) is 8.60. The van der Waals surface area contributed by atoms with Gasteiger partial charge in [-0.1, -0.05) is 35.9 Å². The van der Waals surface area contributed by atoms with E-state index in [-0.39, 0.29) is 16.6 Å². The minimum Gasteiger partial charge on any atom is -0.352 e. The average molecular weight is 413 g/mol. The Balaban J connectivity index is 1.89. The molecule has 0 aliphatic rings. The van der Waals surface area contributed by atoms with E-state index in [0.29, 0.717) is 12.0 Å². The Labute approximate surface area is 166 Å². The second-order valence-corrected chi connectivity index (χ2v) is 6.89. The van der Waals surface area contributed by atoms with Crippen LogP contribution in [0, 0.1) is 0 Å². The lowest BCUT2D eigenvalue weighted by Crippen LogP contribution is -2.47. The van der Waals surface area contributed by atoms with Crippen molar-refractivity contribution in [3.05, 3.63) is 70.2 Å². The van der Waals surface area contributed by atoms with E-state index in [9.17, 15) is 22.8 Å². The minimum absolute atomic E-state index is 0.265. The van der Waals surface area contributed by atoms with Gasteiger partial charge in [0.05, 0.1) is 16.1 Å². The number of hydrogen-bond donors (Lipinski definition) is 2. The summed E-state index contributed by atoms with van der Waals surface area (Å²) in [6.07, 6.45) is -4.03. The molecule has 0 saturated heterocycles. The Morgan fingerprint density at radius 1 is 1.00 bits per heavy atom. The summed E-state index contributed by atoms with van der Waals surface area (Å²) < 4.78 is 37.8. The van der Waals surface area contributed by atoms with Gasteiger partial charge in [0.15, 0.2) is 0 Å². The fraction of sp³-hybridized carbons (Fsp3) is 0.300. The largest absolute Gasteiger partial charge is 0.416 e. The summed E-state index contributed by atoms with van der Waals surface area (Å²) in [6, 6.07) is 10.1. The Kier molecular flexibility index (Phi) is 7.07. The van der Waals surface area contributed by atoms with Crippen molar-refractivity contribution >= 4 is 23.4 Å². The lowest BCUT2D eigenvalue weighted by Gasteiger charge is -2.19. The number of alkyl halides is 3. The topological polar surface area (TPSA) is 58.2 Å². The molecule has 4 nitrogen and oxygen atoms in total. The molecule has 0 fully saturated rings. The number of carbonyl (C=O) groups is 2. The maximum atomic E-state index is 12.6. The molecule has 8 heteroatoms. The quantitative estimate of drug-likeness (QED) is 0.746. The van der Waals surface area contributed by atoms with E-state index in [4.69, 9.17) is 11.6 Å². The molecule has 2 atom stereocenters. The lowest BCUT2D eigenvalue weighted by molar-refractivity contribution is -0.137. The fourth-order valence-corrected chi connectivity index (χ4v) is 2.81. The third kappa shape index (κ3) is 5.99. The van der Waals surface area contributed by atoms with E-state index in [2.05, 4.69) is 10.6 Å². The monoisotopic (exact) mass is 412 g/mol. The number of amides is 2. The Hall–Kier alpha value is -2.54. The Morgan fingerprint density at radius 2 is 1.61 bits per heavy atom. The van der Waals surface area contributed by atoms with Gasteiger partial charge in [0.1, 0.15) is 6.04 Å². The standard InChI is InChI=1S/C20H20ClF3N2O2/c1-12(11-14-7-9-15(10-8-14)20(22,23)24)25-18(27)13(2)26-19(28)16-5-3-4-6-17(16)21/h3-10,12-13H,11H2,1-2H3,(H,25,27)(H,26,28). The van der Waals surface area contributed by atoms with E-state index in [1.165, 1.54) is 19.1 Å². The summed E-state index contributed by atoms with van der Waals surface area (Å²) in [7, 11) is 0. The van der Waals surface area contributed by atoms with Crippen molar-refractivity contribution < 1.29 is 22.8 Å². The second kappa shape index (κ2) is 9.10. The van der Waals surface area contributed by atoms with Crippen LogP contribution >= 0.6 is 11.6 Å². The number of nitrogens with one attached hydrogen (secondary N) is 2. The molecule has 0 aromatic heterocycles. The van der Waals surface area contributed by atoms with E-state index in [1.54, 1.807) is 31.2 Å². The van der Waals surface area contributed by atoms with Gasteiger partial charge in [0.2, 0.25) is 5.91 Å². The lowest BCUT2D eigenvalue weighted by atomic mass is 10.0. The normalized spacial score (nSPS) is 13.5. The fourth-order valence-electron chi connectivity index (χ4n) is 2.59. The molecule has 2 amide bonds. The highest BCUT2D eigenvalue weighted by atomic mass is 35.5. The molecule has 2 aromatic carbocycles. The third-order valence-electron chi connectivity index (χ3n) is 4.07. The average Bonchev–Trinajstić information content (AvgIpc) is 2.61. The van der Waals surface area contributed by atoms with Crippen LogP contribution in [0.25, 0.3) is 0 Å². The molecule has 2 unspecified atom stereocenters. The number of halogens is 4. The highest BCUT2D eigenvalue weighted by molar-refractivity contribution is 6.33. The van der Waals surface area contributed by atoms with Gasteiger partial charge in [-0.05, 0) is 50.1 Å². The highest BCUT2D eigenvalue weighted by Crippen LogP contribution is 2.29. The summed E-state index contributed by atoms with van der Waals surface area (Å²) >= 11 is 5.96. The summed E-state index contributed by atoms with van der Waals surface area (Å²) in [6.45, 7) is 3.27. The van der Waals surface area contributed by atoms with E-state index < -0.39 is 29.6 Å². The summed E-state index contributed by atoms with van der Waals surface area (Å²) in [5.41, 5.74) is 0.207. The molecule has 0 aliphatic heterocycles. The molecule has 0 saturated carbocycles. The number of hydrogen-bond acceptors (Lipinski definition) is 2. The van der Waals surface area contributed by atoms with Gasteiger partial charge in [-0.15, -0.1) is 0 Å². The van der Waals surface area contributed by atoms with Crippen LogP contribution in [0.1, 0.15) is 35.3 Å². The van der Waals surface area contributed by atoms with E-state index >= 15 is 0 Å². The second-order valence-electron chi connectivity index (χ2n) is 6.48. The molecule has 0 aliphatic carbocycles. The van der Waals surface area contributed by atoms with Crippen molar-refractivity contribution in [1.82, 2.24) is 10.6 Å². The van der Waals surface area contributed by atoms with Crippen LogP contribution in [0.3, 0.4) is 0 Å². The van der Waals surface area contributed by atoms with Gasteiger partial charge < -0.3 is 10.6 Å². The van der Waals surface area contributed by atoms with Crippen LogP contribution in [0.5, 0.6) is 0 Å². The zero-order valence-corrected chi connectivity index (χ0v) is 16.1. The van der Waals surface area contributed by atoms with Crippen molar-refractivity contribution in [3.63, 3.8) is 0 Å². The van der Waals surface area contributed by atoms with Crippen LogP contribution in [0.2, 0.25) is 5.02 Å². The molecular formula is C20H20ClF3N2O2. The van der Waals surface area contributed by atoms with Crippen LogP contribution < -0.4 is 10.6 Å². The smallest absolute Gasteiger partial charge is 0.352 e. The molecular weight excluding hydrogens is 393 g/mol. The van der Waals surface area contributed by atoms with Gasteiger partial charge in [0, 0.05) is 6.04 Å². The summed E-state index contributed by atoms with van der Waals surface area (Å²) in [4.78, 5) is 24.5. The van der Waals surface area contributed by atoms with E-state index in [0.717, 1.165) is 12.1 Å². The summed E-state index contributed by atoms with van der Waals surface area (Å²) in [5, 5.41) is 5.59. The van der Waals surface area contributed by atoms with Gasteiger partial charge in [0.25, 0.3) is 5.91 Å². The first-order valence-corrected chi connectivity index (χ1v) is 8.97. The molecule has 150 valence electrons. The van der Waals surface area contributed by atoms with Gasteiger partial charge >= 0.3 is 6.18 Å². The van der Waals surface area contributed by atoms with Gasteiger partial charge in [-0.3, -0.25) is 9.59 Å². The highest BCUT2D eigenvalue weighted by Gasteiger charge is 2.30. The van der Waals surface area contributed by atoms with Crippen LogP contribution in [-0.2, 0) is 17.4 Å². The first kappa shape index (κ1) is 21.8. The molecule has 2 aromatic rings. The van der Waals surface area contributed by atoms with Crippen molar-refractivity contribution in [1.29, 1.82) is 0 Å². The molecule has 0 radical (unpaired) electrons. The molecule has 28 heavy (non-hydrogen) atoms. The number of benzene rings is 2. The maximum Gasteiger partial charge on any atom is 0.416 e. The predicted molar refractivity (Wildman–Crippen MR) is 101 cm³/mol. The van der Waals surface area contributed by atoms with Gasteiger partial charge in [-0.25, -0.2) is 0 Å². The predicted octanol–water partition coefficient (Wildman–Crippen LogP) is 4.22. The SMILES string of the molecule is CC(Cc1ccc(C(F)(F)F)cc1)NC(=O)C(C)NC(=O)c1ccccc1Cl. The van der Waals surface area contributed by atoms with Crippen LogP contribution in [0.4, 0.5) is 13.2 Å². The van der Waals surface area contributed by atoms with E-state index in [1.807, 2.05) is 0 Å². The minimum atomic E-state index is -4.38. The first-order chi connectivity index (χ1) is 13.1. The zero-order chi connectivity index (χ0) is 20.9. The molecule has 0 spiro atoms. The van der Waals surface area contributed by atoms with Crippen LogP contribution in [0.15, 0.2) is 48.5 Å². The Morgan fingerprint density at radius 3 is 2.18 bits per heavy atom. The van der Waals surface area contributed by atoms with Crippen LogP contribution in [-0.4, -0.2) is 23.9 Å². The third-order valence-corrected chi connectivity index (χ3v) is 4.40. The molecule has 0 bridgehead atoms. The number of rotatable bonds is 6. The van der Waals surface area contributed by atoms with Crippen molar-refractivity contribution in [2.24, 2.45) is 0 Å². The van der Waals surface area contributed by atoms with Crippen molar-refractivity contribution in [2.45, 2.75) is 38.5 Å². The van der Waals surface area contributed by atoms with Gasteiger partial charge in [-0.2, -0.15) is 13.2 Å². The van der Waals surface area contributed by atoms with Crippen molar-refractivity contribution in [2.75, 3.05) is 0 Å². The summed E-state index contributed by atoms with van der Waals surface area (Å²) in [5.74, 6) is -0.872.